The Bertz CT molecular complexity index is 170. The highest BCUT2D eigenvalue weighted by Gasteiger charge is 2.12. The van der Waals surface area contributed by atoms with Gasteiger partial charge >= 0.3 is 0 Å². The number of nitrogens with zero attached hydrogens (tertiary/aromatic N) is 1. The lowest BCUT2D eigenvalue weighted by atomic mass is 9.94. The van der Waals surface area contributed by atoms with Gasteiger partial charge in [-0.1, -0.05) is 19.8 Å². The van der Waals surface area contributed by atoms with Gasteiger partial charge < -0.3 is 15.0 Å². The minimum atomic E-state index is 0.941. The van der Waals surface area contributed by atoms with E-state index < -0.39 is 0 Å². The molecule has 1 heterocycles. The van der Waals surface area contributed by atoms with Crippen molar-refractivity contribution >= 4 is 0 Å². The molecule has 0 bridgehead atoms. The van der Waals surface area contributed by atoms with Crippen LogP contribution >= 0.6 is 0 Å². The van der Waals surface area contributed by atoms with Gasteiger partial charge in [-0.15, -0.1) is 0 Å². The molecule has 3 nitrogen and oxygen atoms in total. The fourth-order valence-corrected chi connectivity index (χ4v) is 2.41. The zero-order chi connectivity index (χ0) is 12.3. The summed E-state index contributed by atoms with van der Waals surface area (Å²) in [5.41, 5.74) is 0. The number of unbranched alkanes of at least 4 members (excludes halogenated alkanes) is 1. The third kappa shape index (κ3) is 7.74. The lowest BCUT2D eigenvalue weighted by Crippen LogP contribution is -2.29. The van der Waals surface area contributed by atoms with Gasteiger partial charge in [0.25, 0.3) is 0 Å². The van der Waals surface area contributed by atoms with Gasteiger partial charge in [-0.3, -0.25) is 0 Å². The number of ether oxygens (including phenoxy) is 1. The number of nitrogens with one attached hydrogen (secondary N) is 1. The lowest BCUT2D eigenvalue weighted by molar-refractivity contribution is 0.0629. The van der Waals surface area contributed by atoms with E-state index in [1.165, 1.54) is 45.2 Å². The average Bonchev–Trinajstić information content (AvgIpc) is 2.36. The summed E-state index contributed by atoms with van der Waals surface area (Å²) in [6.07, 6.45) is 6.72. The van der Waals surface area contributed by atoms with E-state index in [1.807, 2.05) is 0 Å². The third-order valence-corrected chi connectivity index (χ3v) is 3.66. The minimum Gasteiger partial charge on any atom is -0.381 e. The highest BCUT2D eigenvalue weighted by Crippen LogP contribution is 2.20. The van der Waals surface area contributed by atoms with E-state index in [9.17, 15) is 0 Å². The molecule has 0 aromatic rings. The molecule has 17 heavy (non-hydrogen) atoms. The van der Waals surface area contributed by atoms with Crippen LogP contribution in [-0.2, 0) is 4.74 Å². The molecule has 1 fully saturated rings. The second kappa shape index (κ2) is 9.86. The van der Waals surface area contributed by atoms with Crippen LogP contribution in [0.2, 0.25) is 0 Å². The quantitative estimate of drug-likeness (QED) is 0.627. The zero-order valence-electron chi connectivity index (χ0n) is 11.7. The van der Waals surface area contributed by atoms with E-state index in [0.29, 0.717) is 0 Å². The van der Waals surface area contributed by atoms with Crippen LogP contribution in [0, 0.1) is 5.92 Å². The molecule has 102 valence electrons. The van der Waals surface area contributed by atoms with E-state index >= 15 is 0 Å². The van der Waals surface area contributed by atoms with Crippen molar-refractivity contribution in [2.45, 2.75) is 39.0 Å². The van der Waals surface area contributed by atoms with Crippen LogP contribution in [0.3, 0.4) is 0 Å². The Balaban J connectivity index is 1.88. The Morgan fingerprint density at radius 3 is 2.65 bits per heavy atom. The first-order valence-electron chi connectivity index (χ1n) is 7.30. The van der Waals surface area contributed by atoms with Gasteiger partial charge in [0.1, 0.15) is 0 Å². The standard InChI is InChI=1S/C14H30N2O/c1-3-15-9-11-16(2)10-5-4-6-14-7-12-17-13-8-14/h14-15H,3-13H2,1-2H3. The Kier molecular flexibility index (Phi) is 8.67. The molecule has 0 saturated carbocycles. The third-order valence-electron chi connectivity index (χ3n) is 3.66. The fraction of sp³-hybridized carbons (Fsp3) is 1.00. The van der Waals surface area contributed by atoms with Gasteiger partial charge in [-0.2, -0.15) is 0 Å². The minimum absolute atomic E-state index is 0.941. The maximum absolute atomic E-state index is 5.38. The van der Waals surface area contributed by atoms with Gasteiger partial charge in [-0.05, 0) is 45.3 Å². The normalized spacial score (nSPS) is 17.8. The summed E-state index contributed by atoms with van der Waals surface area (Å²) >= 11 is 0. The van der Waals surface area contributed by atoms with E-state index in [0.717, 1.165) is 32.2 Å². The number of likely N-dealkylation sites (N-methyl/N-ethyl adjacent to an activating group) is 2. The van der Waals surface area contributed by atoms with Crippen molar-refractivity contribution < 1.29 is 4.74 Å². The van der Waals surface area contributed by atoms with Crippen LogP contribution in [0.5, 0.6) is 0 Å². The van der Waals surface area contributed by atoms with E-state index in [-0.39, 0.29) is 0 Å². The van der Waals surface area contributed by atoms with Gasteiger partial charge in [0.05, 0.1) is 0 Å². The predicted molar refractivity (Wildman–Crippen MR) is 73.4 cm³/mol. The van der Waals surface area contributed by atoms with Crippen molar-refractivity contribution in [3.8, 4) is 0 Å². The molecule has 1 aliphatic rings. The molecule has 0 spiro atoms. The molecule has 0 aromatic heterocycles. The fourth-order valence-electron chi connectivity index (χ4n) is 2.41. The van der Waals surface area contributed by atoms with E-state index in [4.69, 9.17) is 4.74 Å². The Morgan fingerprint density at radius 2 is 1.94 bits per heavy atom. The highest BCUT2D eigenvalue weighted by molar-refractivity contribution is 4.64. The Morgan fingerprint density at radius 1 is 1.18 bits per heavy atom. The molecule has 0 radical (unpaired) electrons. The first-order valence-corrected chi connectivity index (χ1v) is 7.30. The van der Waals surface area contributed by atoms with Crippen LogP contribution in [0.25, 0.3) is 0 Å². The van der Waals surface area contributed by atoms with Crippen molar-refractivity contribution in [2.24, 2.45) is 5.92 Å². The van der Waals surface area contributed by atoms with Crippen LogP contribution in [-0.4, -0.2) is 51.3 Å². The molecule has 1 N–H and O–H groups in total. The van der Waals surface area contributed by atoms with Gasteiger partial charge in [0.2, 0.25) is 0 Å². The predicted octanol–water partition coefficient (Wildman–Crippen LogP) is 2.12. The second-order valence-electron chi connectivity index (χ2n) is 5.21. The van der Waals surface area contributed by atoms with Crippen molar-refractivity contribution in [3.05, 3.63) is 0 Å². The summed E-state index contributed by atoms with van der Waals surface area (Å²) in [5, 5.41) is 3.37. The van der Waals surface area contributed by atoms with Gasteiger partial charge in [0, 0.05) is 26.3 Å². The maximum atomic E-state index is 5.38. The summed E-state index contributed by atoms with van der Waals surface area (Å²) in [5.74, 6) is 0.941. The molecule has 0 aliphatic carbocycles. The molecule has 0 aromatic carbocycles. The summed E-state index contributed by atoms with van der Waals surface area (Å²) in [4.78, 5) is 2.44. The number of hydrogen-bond acceptors (Lipinski definition) is 3. The van der Waals surface area contributed by atoms with Crippen molar-refractivity contribution in [3.63, 3.8) is 0 Å². The average molecular weight is 242 g/mol. The van der Waals surface area contributed by atoms with Crippen molar-refractivity contribution in [1.29, 1.82) is 0 Å². The van der Waals surface area contributed by atoms with Crippen LogP contribution in [0.15, 0.2) is 0 Å². The summed E-state index contributed by atoms with van der Waals surface area (Å²) in [6, 6.07) is 0. The summed E-state index contributed by atoms with van der Waals surface area (Å²) in [7, 11) is 2.23. The largest absolute Gasteiger partial charge is 0.381 e. The number of rotatable bonds is 9. The summed E-state index contributed by atoms with van der Waals surface area (Å²) < 4.78 is 5.38. The van der Waals surface area contributed by atoms with Crippen LogP contribution in [0.4, 0.5) is 0 Å². The smallest absolute Gasteiger partial charge is 0.0468 e. The molecule has 0 amide bonds. The SMILES string of the molecule is CCNCCN(C)CCCCC1CCOCC1. The first kappa shape index (κ1) is 14.9. The molecular weight excluding hydrogens is 212 g/mol. The summed E-state index contributed by atoms with van der Waals surface area (Å²) in [6.45, 7) is 8.76. The molecule has 1 aliphatic heterocycles. The van der Waals surface area contributed by atoms with Crippen LogP contribution < -0.4 is 5.32 Å². The number of hydrogen-bond donors (Lipinski definition) is 1. The lowest BCUT2D eigenvalue weighted by Gasteiger charge is -2.22. The van der Waals surface area contributed by atoms with Gasteiger partial charge in [-0.25, -0.2) is 0 Å². The van der Waals surface area contributed by atoms with Crippen molar-refractivity contribution in [1.82, 2.24) is 10.2 Å². The Labute approximate surface area is 107 Å². The molecular formula is C14H30N2O. The topological polar surface area (TPSA) is 24.5 Å². The molecule has 0 unspecified atom stereocenters. The molecule has 1 saturated heterocycles. The van der Waals surface area contributed by atoms with E-state index in [1.54, 1.807) is 0 Å². The zero-order valence-corrected chi connectivity index (χ0v) is 11.7. The maximum Gasteiger partial charge on any atom is 0.0468 e. The highest BCUT2D eigenvalue weighted by atomic mass is 16.5. The molecule has 1 rings (SSSR count). The monoisotopic (exact) mass is 242 g/mol. The van der Waals surface area contributed by atoms with E-state index in [2.05, 4.69) is 24.2 Å². The van der Waals surface area contributed by atoms with Gasteiger partial charge in [0.15, 0.2) is 0 Å². The van der Waals surface area contributed by atoms with Crippen LogP contribution in [0.1, 0.15) is 39.0 Å². The second-order valence-corrected chi connectivity index (χ2v) is 5.21. The first-order chi connectivity index (χ1) is 8.33. The van der Waals surface area contributed by atoms with Crippen molar-refractivity contribution in [2.75, 3.05) is 46.4 Å². The molecule has 0 atom stereocenters. The Hall–Kier alpha value is -0.120. The molecule has 3 heteroatoms.